The van der Waals surface area contributed by atoms with Crippen LogP contribution in [0.15, 0.2) is 40.1 Å². The van der Waals surface area contributed by atoms with E-state index in [1.807, 2.05) is 5.01 Å². The van der Waals surface area contributed by atoms with Crippen LogP contribution in [-0.2, 0) is 13.2 Å². The fourth-order valence-electron chi connectivity index (χ4n) is 4.12. The SMILES string of the molecule is C[C@@H](Nc1nn(C)c(=O)c2cc(=O)n(N3CCCCC3)cc12)c1cccc(C(F)(F)F)c1F. The quantitative estimate of drug-likeness (QED) is 0.597. The predicted molar refractivity (Wildman–Crippen MR) is 116 cm³/mol. The average Bonchev–Trinajstić information content (AvgIpc) is 2.77. The molecule has 3 heterocycles. The number of hydrogen-bond acceptors (Lipinski definition) is 5. The Bertz CT molecular complexity index is 1310. The van der Waals surface area contributed by atoms with Gasteiger partial charge in [0.1, 0.15) is 5.82 Å². The minimum absolute atomic E-state index is 0.116. The molecular weight excluding hydrogens is 442 g/mol. The van der Waals surface area contributed by atoms with Gasteiger partial charge < -0.3 is 10.3 Å². The highest BCUT2D eigenvalue weighted by Gasteiger charge is 2.35. The lowest BCUT2D eigenvalue weighted by Crippen LogP contribution is -2.45. The fraction of sp³-hybridized carbons (Fsp3) is 0.409. The number of benzene rings is 1. The second kappa shape index (κ2) is 8.53. The van der Waals surface area contributed by atoms with E-state index >= 15 is 0 Å². The van der Waals surface area contributed by atoms with Crippen LogP contribution in [-0.4, -0.2) is 27.5 Å². The number of nitrogens with one attached hydrogen (secondary N) is 1. The molecule has 1 aromatic carbocycles. The summed E-state index contributed by atoms with van der Waals surface area (Å²) >= 11 is 0. The minimum atomic E-state index is -4.83. The number of piperidine rings is 1. The molecule has 1 atom stereocenters. The van der Waals surface area contributed by atoms with E-state index in [9.17, 15) is 27.2 Å². The molecule has 0 radical (unpaired) electrons. The first-order valence-corrected chi connectivity index (χ1v) is 10.6. The molecular formula is C22H23F4N5O2. The van der Waals surface area contributed by atoms with Gasteiger partial charge in [-0.25, -0.2) is 13.7 Å². The monoisotopic (exact) mass is 465 g/mol. The van der Waals surface area contributed by atoms with Gasteiger partial charge in [0.25, 0.3) is 11.1 Å². The molecule has 176 valence electrons. The highest BCUT2D eigenvalue weighted by Crippen LogP contribution is 2.34. The Kier molecular flexibility index (Phi) is 5.89. The maximum atomic E-state index is 14.7. The third kappa shape index (κ3) is 4.31. The molecule has 0 unspecified atom stereocenters. The topological polar surface area (TPSA) is 72.2 Å². The first-order chi connectivity index (χ1) is 15.6. The molecule has 33 heavy (non-hydrogen) atoms. The molecule has 1 aliphatic rings. The smallest absolute Gasteiger partial charge is 0.361 e. The first kappa shape index (κ1) is 22.8. The molecule has 1 saturated heterocycles. The Labute approximate surface area is 186 Å². The average molecular weight is 465 g/mol. The van der Waals surface area contributed by atoms with Crippen molar-refractivity contribution in [1.29, 1.82) is 0 Å². The van der Waals surface area contributed by atoms with Crippen molar-refractivity contribution in [3.63, 3.8) is 0 Å². The summed E-state index contributed by atoms with van der Waals surface area (Å²) in [5.74, 6) is -1.22. The Morgan fingerprint density at radius 3 is 2.45 bits per heavy atom. The van der Waals surface area contributed by atoms with E-state index in [0.29, 0.717) is 24.5 Å². The Morgan fingerprint density at radius 1 is 1.09 bits per heavy atom. The highest BCUT2D eigenvalue weighted by atomic mass is 19.4. The maximum absolute atomic E-state index is 14.7. The molecule has 3 aromatic rings. The minimum Gasteiger partial charge on any atom is -0.361 e. The Balaban J connectivity index is 1.80. The lowest BCUT2D eigenvalue weighted by atomic mass is 10.0. The van der Waals surface area contributed by atoms with Crippen molar-refractivity contribution in [2.75, 3.05) is 23.4 Å². The molecule has 0 amide bonds. The second-order valence-corrected chi connectivity index (χ2v) is 8.15. The number of hydrogen-bond donors (Lipinski definition) is 1. The molecule has 0 aliphatic carbocycles. The van der Waals surface area contributed by atoms with Gasteiger partial charge in [0.05, 0.1) is 22.4 Å². The van der Waals surface area contributed by atoms with Crippen LogP contribution in [0.5, 0.6) is 0 Å². The van der Waals surface area contributed by atoms with Gasteiger partial charge in [-0.1, -0.05) is 12.1 Å². The highest BCUT2D eigenvalue weighted by molar-refractivity contribution is 5.90. The molecule has 1 aliphatic heterocycles. The summed E-state index contributed by atoms with van der Waals surface area (Å²) in [6, 6.07) is 3.41. The molecule has 4 rings (SSSR count). The molecule has 7 nitrogen and oxygen atoms in total. The molecule has 0 saturated carbocycles. The number of alkyl halides is 3. The summed E-state index contributed by atoms with van der Waals surface area (Å²) in [4.78, 5) is 25.3. The Hall–Kier alpha value is -3.37. The van der Waals surface area contributed by atoms with Crippen molar-refractivity contribution in [3.05, 3.63) is 68.1 Å². The summed E-state index contributed by atoms with van der Waals surface area (Å²) in [5, 5.41) is 9.44. The van der Waals surface area contributed by atoms with Gasteiger partial charge in [0.15, 0.2) is 5.82 Å². The summed E-state index contributed by atoms with van der Waals surface area (Å²) < 4.78 is 56.5. The fourth-order valence-corrected chi connectivity index (χ4v) is 4.12. The van der Waals surface area contributed by atoms with Crippen molar-refractivity contribution in [2.24, 2.45) is 7.05 Å². The van der Waals surface area contributed by atoms with Gasteiger partial charge in [-0.3, -0.25) is 9.59 Å². The normalized spacial score (nSPS) is 15.6. The third-order valence-corrected chi connectivity index (χ3v) is 5.86. The lowest BCUT2D eigenvalue weighted by molar-refractivity contribution is -0.140. The number of aryl methyl sites for hydroxylation is 1. The number of halogens is 4. The second-order valence-electron chi connectivity index (χ2n) is 8.15. The van der Waals surface area contributed by atoms with Crippen LogP contribution in [0.25, 0.3) is 10.8 Å². The molecule has 1 fully saturated rings. The van der Waals surface area contributed by atoms with Gasteiger partial charge in [0, 0.05) is 38.0 Å². The summed E-state index contributed by atoms with van der Waals surface area (Å²) in [6.45, 7) is 2.86. The standard InChI is InChI=1S/C22H23F4N5O2/c1-13(14-7-6-8-17(19(14)23)22(24,25)26)27-20-16-12-31(30-9-4-3-5-10-30)18(32)11-15(16)21(33)29(2)28-20/h6-8,11-13H,3-5,9-10H2,1-2H3,(H,27,28)/t13-/m1/s1. The van der Waals surface area contributed by atoms with E-state index in [-0.39, 0.29) is 22.3 Å². The van der Waals surface area contributed by atoms with Crippen molar-refractivity contribution in [2.45, 2.75) is 38.4 Å². The van der Waals surface area contributed by atoms with E-state index in [2.05, 4.69) is 10.4 Å². The van der Waals surface area contributed by atoms with Crippen molar-refractivity contribution in [3.8, 4) is 0 Å². The first-order valence-electron chi connectivity index (χ1n) is 10.6. The van der Waals surface area contributed by atoms with E-state index < -0.39 is 29.2 Å². The zero-order valence-corrected chi connectivity index (χ0v) is 18.1. The van der Waals surface area contributed by atoms with Crippen molar-refractivity contribution < 1.29 is 17.6 Å². The molecule has 11 heteroatoms. The number of nitrogens with zero attached hydrogens (tertiary/aromatic N) is 4. The summed E-state index contributed by atoms with van der Waals surface area (Å²) in [7, 11) is 1.40. The number of pyridine rings is 1. The van der Waals surface area contributed by atoms with Crippen LogP contribution in [0, 0.1) is 5.82 Å². The van der Waals surface area contributed by atoms with E-state index in [4.69, 9.17) is 0 Å². The number of fused-ring (bicyclic) bond motifs is 1. The van der Waals surface area contributed by atoms with Crippen LogP contribution in [0.1, 0.15) is 43.4 Å². The van der Waals surface area contributed by atoms with E-state index in [1.54, 1.807) is 0 Å². The van der Waals surface area contributed by atoms with E-state index in [1.165, 1.54) is 37.0 Å². The molecule has 2 aromatic heterocycles. The van der Waals surface area contributed by atoms with Crippen molar-refractivity contribution >= 4 is 16.6 Å². The molecule has 1 N–H and O–H groups in total. The van der Waals surface area contributed by atoms with Crippen molar-refractivity contribution in [1.82, 2.24) is 14.5 Å². The number of rotatable bonds is 4. The van der Waals surface area contributed by atoms with Crippen LogP contribution >= 0.6 is 0 Å². The van der Waals surface area contributed by atoms with Crippen LogP contribution in [0.4, 0.5) is 23.4 Å². The van der Waals surface area contributed by atoms with Gasteiger partial charge in [-0.2, -0.15) is 18.3 Å². The van der Waals surface area contributed by atoms with E-state index in [0.717, 1.165) is 30.0 Å². The maximum Gasteiger partial charge on any atom is 0.419 e. The molecule has 0 bridgehead atoms. The predicted octanol–water partition coefficient (Wildman–Crippen LogP) is 3.55. The summed E-state index contributed by atoms with van der Waals surface area (Å²) in [5.41, 5.74) is -2.41. The summed E-state index contributed by atoms with van der Waals surface area (Å²) in [6.07, 6.45) is -0.402. The van der Waals surface area contributed by atoms with Gasteiger partial charge in [-0.15, -0.1) is 0 Å². The van der Waals surface area contributed by atoms with Gasteiger partial charge in [0.2, 0.25) is 0 Å². The zero-order chi connectivity index (χ0) is 23.9. The largest absolute Gasteiger partial charge is 0.419 e. The Morgan fingerprint density at radius 2 is 1.79 bits per heavy atom. The van der Waals surface area contributed by atoms with Crippen LogP contribution < -0.4 is 21.4 Å². The van der Waals surface area contributed by atoms with Gasteiger partial charge >= 0.3 is 6.18 Å². The number of aromatic nitrogens is 3. The zero-order valence-electron chi connectivity index (χ0n) is 18.1. The lowest BCUT2D eigenvalue weighted by Gasteiger charge is -2.30. The third-order valence-electron chi connectivity index (χ3n) is 5.86. The van der Waals surface area contributed by atoms with Crippen LogP contribution in [0.2, 0.25) is 0 Å². The molecule has 0 spiro atoms. The van der Waals surface area contributed by atoms with Crippen LogP contribution in [0.3, 0.4) is 0 Å². The number of anilines is 1. The van der Waals surface area contributed by atoms with Gasteiger partial charge in [-0.05, 0) is 32.3 Å².